The number of aromatic nitrogens is 5. The molecule has 46 heavy (non-hydrogen) atoms. The maximum atomic E-state index is 5.03. The predicted molar refractivity (Wildman–Crippen MR) is 186 cm³/mol. The van der Waals surface area contributed by atoms with Crippen molar-refractivity contribution in [2.45, 2.75) is 19.3 Å². The van der Waals surface area contributed by atoms with Crippen LogP contribution in [0, 0.1) is 0 Å². The van der Waals surface area contributed by atoms with Gasteiger partial charge in [0.25, 0.3) is 0 Å². The molecule has 0 N–H and O–H groups in total. The van der Waals surface area contributed by atoms with Crippen LogP contribution >= 0.6 is 0 Å². The Morgan fingerprint density at radius 1 is 0.500 bits per heavy atom. The van der Waals surface area contributed by atoms with Crippen molar-refractivity contribution in [3.05, 3.63) is 151 Å². The number of hydrogen-bond donors (Lipinski definition) is 0. The van der Waals surface area contributed by atoms with Crippen molar-refractivity contribution in [3.8, 4) is 51.0 Å². The summed E-state index contributed by atoms with van der Waals surface area (Å²) in [4.78, 5) is 19.0. The minimum atomic E-state index is -0.0893. The van der Waals surface area contributed by atoms with E-state index in [4.69, 9.17) is 9.97 Å². The van der Waals surface area contributed by atoms with Gasteiger partial charge in [-0.05, 0) is 82.9 Å². The summed E-state index contributed by atoms with van der Waals surface area (Å²) in [5.74, 6) is 0.568. The lowest BCUT2D eigenvalue weighted by molar-refractivity contribution is 0.661. The van der Waals surface area contributed by atoms with Gasteiger partial charge in [0.15, 0.2) is 5.82 Å². The molecule has 0 saturated heterocycles. The van der Waals surface area contributed by atoms with Crippen molar-refractivity contribution in [2.24, 2.45) is 0 Å². The molecule has 5 nitrogen and oxygen atoms in total. The van der Waals surface area contributed by atoms with Crippen molar-refractivity contribution in [2.75, 3.05) is 0 Å². The zero-order chi connectivity index (χ0) is 30.8. The van der Waals surface area contributed by atoms with Gasteiger partial charge in [-0.25, -0.2) is 9.97 Å². The normalized spacial score (nSPS) is 13.2. The molecule has 0 fully saturated rings. The number of para-hydroxylation sites is 1. The van der Waals surface area contributed by atoms with Crippen LogP contribution in [0.2, 0.25) is 0 Å². The number of fused-ring (bicyclic) bond motifs is 6. The molecule has 0 spiro atoms. The van der Waals surface area contributed by atoms with Crippen molar-refractivity contribution in [1.29, 1.82) is 0 Å². The highest BCUT2D eigenvalue weighted by Crippen LogP contribution is 2.51. The molecule has 0 atom stereocenters. The first kappa shape index (κ1) is 26.5. The maximum Gasteiger partial charge on any atom is 0.179 e. The molecule has 9 rings (SSSR count). The number of hydrogen-bond acceptors (Lipinski definition) is 4. The smallest absolute Gasteiger partial charge is 0.179 e. The van der Waals surface area contributed by atoms with Crippen LogP contribution < -0.4 is 0 Å². The minimum absolute atomic E-state index is 0.0893. The summed E-state index contributed by atoms with van der Waals surface area (Å²) in [5.41, 5.74) is 12.8. The highest BCUT2D eigenvalue weighted by molar-refractivity contribution is 6.11. The topological polar surface area (TPSA) is 56.5 Å². The molecule has 1 aliphatic rings. The van der Waals surface area contributed by atoms with Crippen LogP contribution in [0.1, 0.15) is 25.0 Å². The van der Waals surface area contributed by atoms with E-state index >= 15 is 0 Å². The van der Waals surface area contributed by atoms with Crippen LogP contribution in [-0.4, -0.2) is 24.5 Å². The molecular formula is C41H29N5. The third-order valence-corrected chi connectivity index (χ3v) is 9.32. The number of nitrogens with zero attached hydrogens (tertiary/aromatic N) is 5. The highest BCUT2D eigenvalue weighted by Gasteiger charge is 2.36. The third kappa shape index (κ3) is 4.02. The first-order valence-electron chi connectivity index (χ1n) is 15.6. The van der Waals surface area contributed by atoms with Crippen molar-refractivity contribution < 1.29 is 0 Å². The van der Waals surface area contributed by atoms with Gasteiger partial charge in [-0.3, -0.25) is 9.97 Å². The fraction of sp³-hybridized carbons (Fsp3) is 0.0732. The van der Waals surface area contributed by atoms with E-state index in [0.29, 0.717) is 5.82 Å². The summed E-state index contributed by atoms with van der Waals surface area (Å²) >= 11 is 0. The number of pyridine rings is 2. The lowest BCUT2D eigenvalue weighted by atomic mass is 9.82. The average Bonchev–Trinajstić information content (AvgIpc) is 3.56. The molecule has 4 heterocycles. The molecule has 0 amide bonds. The SMILES string of the molecule is CC1(C)c2ccccc2-c2cc3c4ccccc4n(-c4cccc(-c5cc(-c6ccccn6)nc(-c6ccccn6)n5)c4)c3cc21. The molecule has 0 radical (unpaired) electrons. The molecule has 0 saturated carbocycles. The second kappa shape index (κ2) is 10.0. The lowest BCUT2D eigenvalue weighted by Crippen LogP contribution is -2.14. The molecule has 4 aromatic carbocycles. The van der Waals surface area contributed by atoms with E-state index in [-0.39, 0.29) is 5.41 Å². The molecule has 5 heteroatoms. The molecule has 0 unspecified atom stereocenters. The van der Waals surface area contributed by atoms with Gasteiger partial charge in [-0.1, -0.05) is 80.6 Å². The Hall–Kier alpha value is -5.94. The predicted octanol–water partition coefficient (Wildman–Crippen LogP) is 9.67. The first-order valence-corrected chi connectivity index (χ1v) is 15.6. The molecule has 8 aromatic rings. The van der Waals surface area contributed by atoms with E-state index in [0.717, 1.165) is 34.0 Å². The fourth-order valence-corrected chi connectivity index (χ4v) is 7.10. The van der Waals surface area contributed by atoms with Crippen LogP contribution in [0.15, 0.2) is 140 Å². The Morgan fingerprint density at radius 2 is 1.24 bits per heavy atom. The fourth-order valence-electron chi connectivity index (χ4n) is 7.10. The second-order valence-corrected chi connectivity index (χ2v) is 12.4. The monoisotopic (exact) mass is 591 g/mol. The Bertz CT molecular complexity index is 2380. The molecule has 0 bridgehead atoms. The summed E-state index contributed by atoms with van der Waals surface area (Å²) < 4.78 is 2.40. The summed E-state index contributed by atoms with van der Waals surface area (Å²) in [5, 5.41) is 2.49. The van der Waals surface area contributed by atoms with Gasteiger partial charge in [0.1, 0.15) is 5.69 Å². The van der Waals surface area contributed by atoms with E-state index < -0.39 is 0 Å². The molecule has 4 aromatic heterocycles. The van der Waals surface area contributed by atoms with Gasteiger partial charge >= 0.3 is 0 Å². The lowest BCUT2D eigenvalue weighted by Gasteiger charge is -2.21. The largest absolute Gasteiger partial charge is 0.309 e. The van der Waals surface area contributed by atoms with Crippen LogP contribution in [0.5, 0.6) is 0 Å². The van der Waals surface area contributed by atoms with Crippen molar-refractivity contribution >= 4 is 21.8 Å². The maximum absolute atomic E-state index is 5.03. The molecule has 0 aliphatic heterocycles. The molecule has 1 aliphatic carbocycles. The zero-order valence-electron chi connectivity index (χ0n) is 25.5. The second-order valence-electron chi connectivity index (χ2n) is 12.4. The summed E-state index contributed by atoms with van der Waals surface area (Å²) in [6, 6.07) is 44.7. The van der Waals surface area contributed by atoms with Gasteiger partial charge in [0.2, 0.25) is 0 Å². The van der Waals surface area contributed by atoms with Crippen molar-refractivity contribution in [1.82, 2.24) is 24.5 Å². The average molecular weight is 592 g/mol. The van der Waals surface area contributed by atoms with E-state index in [1.54, 1.807) is 12.4 Å². The van der Waals surface area contributed by atoms with Gasteiger partial charge in [0, 0.05) is 39.8 Å². The van der Waals surface area contributed by atoms with Crippen LogP contribution in [-0.2, 0) is 5.41 Å². The molecular weight excluding hydrogens is 562 g/mol. The molecule has 218 valence electrons. The number of rotatable bonds is 4. The Labute approximate surface area is 266 Å². The van der Waals surface area contributed by atoms with Crippen LogP contribution in [0.25, 0.3) is 72.8 Å². The van der Waals surface area contributed by atoms with Crippen LogP contribution in [0.3, 0.4) is 0 Å². The van der Waals surface area contributed by atoms with Crippen molar-refractivity contribution in [3.63, 3.8) is 0 Å². The minimum Gasteiger partial charge on any atom is -0.309 e. The quantitative estimate of drug-likeness (QED) is 0.204. The Morgan fingerprint density at radius 3 is 2.07 bits per heavy atom. The third-order valence-electron chi connectivity index (χ3n) is 9.32. The summed E-state index contributed by atoms with van der Waals surface area (Å²) in [7, 11) is 0. The Balaban J connectivity index is 1.26. The highest BCUT2D eigenvalue weighted by atomic mass is 15.0. The van der Waals surface area contributed by atoms with Crippen LogP contribution in [0.4, 0.5) is 0 Å². The summed E-state index contributed by atoms with van der Waals surface area (Å²) in [6.07, 6.45) is 3.56. The van der Waals surface area contributed by atoms with Gasteiger partial charge in [-0.15, -0.1) is 0 Å². The van der Waals surface area contributed by atoms with E-state index in [1.165, 1.54) is 44.1 Å². The standard InChI is InChI=1S/C41H29N5/c1-41(2)32-16-5-3-14-28(32)30-23-31-29-15-4-6-19-38(29)46(39(31)24-33(30)41)27-13-11-12-26(22-27)36-25-37(34-17-7-9-20-42-34)45-40(44-36)35-18-8-10-21-43-35/h3-25H,1-2H3. The summed E-state index contributed by atoms with van der Waals surface area (Å²) in [6.45, 7) is 4.68. The Kier molecular flexibility index (Phi) is 5.78. The number of benzene rings is 4. The van der Waals surface area contributed by atoms with E-state index in [1.807, 2.05) is 42.5 Å². The van der Waals surface area contributed by atoms with Gasteiger partial charge in [0.05, 0.1) is 28.1 Å². The van der Waals surface area contributed by atoms with Gasteiger partial charge in [-0.2, -0.15) is 0 Å². The zero-order valence-corrected chi connectivity index (χ0v) is 25.5. The first-order chi connectivity index (χ1) is 22.6. The van der Waals surface area contributed by atoms with E-state index in [9.17, 15) is 0 Å². The van der Waals surface area contributed by atoms with E-state index in [2.05, 4.69) is 113 Å². The van der Waals surface area contributed by atoms with Gasteiger partial charge < -0.3 is 4.57 Å².